The molecule has 1 aromatic rings. The Bertz CT molecular complexity index is 664. The zero-order chi connectivity index (χ0) is 19.4. The van der Waals surface area contributed by atoms with Gasteiger partial charge in [-0.2, -0.15) is 0 Å². The number of likely N-dealkylation sites (tertiary alicyclic amines) is 1. The van der Waals surface area contributed by atoms with E-state index in [1.165, 1.54) is 30.2 Å². The fraction of sp³-hybridized carbons (Fsp3) is 0.529. The molecule has 6 nitrogen and oxygen atoms in total. The predicted octanol–water partition coefficient (Wildman–Crippen LogP) is 2.47. The minimum absolute atomic E-state index is 0.00559. The van der Waals surface area contributed by atoms with Gasteiger partial charge in [0.15, 0.2) is 0 Å². The number of methoxy groups -OCH3 is 1. The maximum Gasteiger partial charge on any atom is 0.573 e. The van der Waals surface area contributed by atoms with E-state index in [2.05, 4.69) is 4.74 Å². The number of ether oxygens (including phenoxy) is 2. The van der Waals surface area contributed by atoms with E-state index in [9.17, 15) is 27.9 Å². The number of hydrogen-bond acceptors (Lipinski definition) is 4. The molecule has 1 saturated heterocycles. The molecule has 0 radical (unpaired) electrons. The van der Waals surface area contributed by atoms with Gasteiger partial charge in [-0.05, 0) is 24.5 Å². The number of halogens is 3. The first-order valence-electron chi connectivity index (χ1n) is 8.01. The van der Waals surface area contributed by atoms with Crippen LogP contribution in [0.4, 0.5) is 13.2 Å². The van der Waals surface area contributed by atoms with Crippen molar-refractivity contribution in [3.8, 4) is 5.75 Å². The lowest BCUT2D eigenvalue weighted by Gasteiger charge is -2.24. The second-order valence-electron chi connectivity index (χ2n) is 6.24. The van der Waals surface area contributed by atoms with Crippen LogP contribution in [0.2, 0.25) is 0 Å². The second kappa shape index (κ2) is 7.94. The van der Waals surface area contributed by atoms with Gasteiger partial charge >= 0.3 is 12.3 Å². The van der Waals surface area contributed by atoms with Gasteiger partial charge in [-0.1, -0.05) is 18.2 Å². The van der Waals surface area contributed by atoms with Gasteiger partial charge in [0, 0.05) is 26.6 Å². The summed E-state index contributed by atoms with van der Waals surface area (Å²) < 4.78 is 46.2. The molecule has 0 saturated carbocycles. The van der Waals surface area contributed by atoms with Crippen LogP contribution >= 0.6 is 0 Å². The number of para-hydroxylation sites is 1. The largest absolute Gasteiger partial charge is 0.573 e. The number of aliphatic carboxylic acids is 1. The molecule has 2 rings (SSSR count). The maximum atomic E-state index is 12.4. The summed E-state index contributed by atoms with van der Waals surface area (Å²) in [6, 6.07) is 5.63. The summed E-state index contributed by atoms with van der Waals surface area (Å²) in [6.07, 6.45) is -4.52. The van der Waals surface area contributed by atoms with Gasteiger partial charge in [-0.15, -0.1) is 13.2 Å². The number of hydrogen-bond donors (Lipinski definition) is 1. The summed E-state index contributed by atoms with van der Waals surface area (Å²) in [5, 5.41) is 9.41. The van der Waals surface area contributed by atoms with E-state index >= 15 is 0 Å². The third-order valence-electron chi connectivity index (χ3n) is 4.39. The summed E-state index contributed by atoms with van der Waals surface area (Å²) in [4.78, 5) is 25.3. The number of carboxylic acids is 1. The normalized spacial score (nSPS) is 20.2. The van der Waals surface area contributed by atoms with E-state index in [4.69, 9.17) is 4.74 Å². The molecule has 9 heteroatoms. The number of amides is 1. The fourth-order valence-electron chi connectivity index (χ4n) is 3.05. The van der Waals surface area contributed by atoms with Crippen LogP contribution in [0.15, 0.2) is 24.3 Å². The smallest absolute Gasteiger partial charge is 0.481 e. The van der Waals surface area contributed by atoms with Crippen LogP contribution in [0.1, 0.15) is 18.4 Å². The molecule has 1 aliphatic heterocycles. The molecule has 1 amide bonds. The number of rotatable bonds is 7. The SMILES string of the molecule is COCC1(C(=O)O)CCN(C(=O)CCc2ccccc2OC(F)(F)F)C1. The van der Waals surface area contributed by atoms with E-state index in [1.54, 1.807) is 6.07 Å². The van der Waals surface area contributed by atoms with E-state index in [0.29, 0.717) is 0 Å². The van der Waals surface area contributed by atoms with Crippen LogP contribution in [-0.2, 0) is 20.7 Å². The summed E-state index contributed by atoms with van der Waals surface area (Å²) in [5.41, 5.74) is -0.874. The molecule has 1 fully saturated rings. The third kappa shape index (κ3) is 4.87. The molecule has 0 aromatic heterocycles. The van der Waals surface area contributed by atoms with Crippen LogP contribution < -0.4 is 4.74 Å². The van der Waals surface area contributed by atoms with Crippen LogP contribution in [0, 0.1) is 5.41 Å². The maximum absolute atomic E-state index is 12.4. The minimum Gasteiger partial charge on any atom is -0.481 e. The Morgan fingerprint density at radius 1 is 1.31 bits per heavy atom. The summed E-state index contributed by atoms with van der Waals surface area (Å²) in [5.74, 6) is -1.68. The highest BCUT2D eigenvalue weighted by Gasteiger charge is 2.46. The molecule has 1 heterocycles. The summed E-state index contributed by atoms with van der Waals surface area (Å²) in [6.45, 7) is 0.291. The summed E-state index contributed by atoms with van der Waals surface area (Å²) >= 11 is 0. The Morgan fingerprint density at radius 2 is 2.00 bits per heavy atom. The van der Waals surface area contributed by atoms with Crippen LogP contribution in [-0.4, -0.2) is 55.1 Å². The van der Waals surface area contributed by atoms with Crippen molar-refractivity contribution in [2.45, 2.75) is 25.6 Å². The highest BCUT2D eigenvalue weighted by molar-refractivity contribution is 5.81. The van der Waals surface area contributed by atoms with Crippen molar-refractivity contribution in [1.29, 1.82) is 0 Å². The molecule has 1 atom stereocenters. The number of aryl methyl sites for hydroxylation is 1. The monoisotopic (exact) mass is 375 g/mol. The lowest BCUT2D eigenvalue weighted by molar-refractivity contribution is -0.274. The van der Waals surface area contributed by atoms with Crippen molar-refractivity contribution in [2.75, 3.05) is 26.8 Å². The first-order valence-corrected chi connectivity index (χ1v) is 8.01. The van der Waals surface area contributed by atoms with Crippen molar-refractivity contribution < 1.29 is 37.3 Å². The quantitative estimate of drug-likeness (QED) is 0.792. The number of carboxylic acid groups (broad SMARTS) is 1. The van der Waals surface area contributed by atoms with Crippen LogP contribution in [0.5, 0.6) is 5.75 Å². The highest BCUT2D eigenvalue weighted by Crippen LogP contribution is 2.32. The number of benzene rings is 1. The number of carbonyl (C=O) groups is 2. The standard InChI is InChI=1S/C17H20F3NO5/c1-25-11-16(15(23)24)8-9-21(10-16)14(22)7-6-12-4-2-3-5-13(12)26-17(18,19)20/h2-5H,6-11H2,1H3,(H,23,24). The van der Waals surface area contributed by atoms with E-state index < -0.39 is 17.7 Å². The summed E-state index contributed by atoms with van der Waals surface area (Å²) in [7, 11) is 1.40. The van der Waals surface area contributed by atoms with Gasteiger partial charge in [0.2, 0.25) is 5.91 Å². The van der Waals surface area contributed by atoms with Crippen molar-refractivity contribution in [1.82, 2.24) is 4.90 Å². The molecule has 1 aliphatic rings. The zero-order valence-electron chi connectivity index (χ0n) is 14.2. The van der Waals surface area contributed by atoms with Crippen molar-refractivity contribution in [3.05, 3.63) is 29.8 Å². The lowest BCUT2D eigenvalue weighted by atomic mass is 9.88. The van der Waals surface area contributed by atoms with Crippen LogP contribution in [0.3, 0.4) is 0 Å². The Labute approximate surface area is 148 Å². The molecule has 0 bridgehead atoms. The van der Waals surface area contributed by atoms with Gasteiger partial charge in [0.05, 0.1) is 6.61 Å². The van der Waals surface area contributed by atoms with Gasteiger partial charge in [-0.25, -0.2) is 0 Å². The first kappa shape index (κ1) is 20.0. The van der Waals surface area contributed by atoms with Crippen molar-refractivity contribution in [2.24, 2.45) is 5.41 Å². The molecule has 144 valence electrons. The number of nitrogens with zero attached hydrogens (tertiary/aromatic N) is 1. The predicted molar refractivity (Wildman–Crippen MR) is 84.6 cm³/mol. The van der Waals surface area contributed by atoms with Gasteiger partial charge in [0.1, 0.15) is 11.2 Å². The Kier molecular flexibility index (Phi) is 6.12. The molecule has 1 aromatic carbocycles. The molecule has 1 unspecified atom stereocenters. The van der Waals surface area contributed by atoms with E-state index in [1.807, 2.05) is 0 Å². The fourth-order valence-corrected chi connectivity index (χ4v) is 3.05. The minimum atomic E-state index is -4.81. The first-order chi connectivity index (χ1) is 12.2. The van der Waals surface area contributed by atoms with Crippen molar-refractivity contribution >= 4 is 11.9 Å². The van der Waals surface area contributed by atoms with Gasteiger partial charge < -0.3 is 19.5 Å². The number of carbonyl (C=O) groups excluding carboxylic acids is 1. The Morgan fingerprint density at radius 3 is 2.62 bits per heavy atom. The van der Waals surface area contributed by atoms with Gasteiger partial charge in [-0.3, -0.25) is 9.59 Å². The number of alkyl halides is 3. The lowest BCUT2D eigenvalue weighted by Crippen LogP contribution is -2.40. The second-order valence-corrected chi connectivity index (χ2v) is 6.24. The highest BCUT2D eigenvalue weighted by atomic mass is 19.4. The Balaban J connectivity index is 1.99. The average Bonchev–Trinajstić information content (AvgIpc) is 2.98. The molecule has 0 aliphatic carbocycles. The van der Waals surface area contributed by atoms with Gasteiger partial charge in [0.25, 0.3) is 0 Å². The zero-order valence-corrected chi connectivity index (χ0v) is 14.2. The van der Waals surface area contributed by atoms with Crippen molar-refractivity contribution in [3.63, 3.8) is 0 Å². The molecule has 0 spiro atoms. The molecular formula is C17H20F3NO5. The van der Waals surface area contributed by atoms with Crippen LogP contribution in [0.25, 0.3) is 0 Å². The van der Waals surface area contributed by atoms with E-state index in [-0.39, 0.29) is 56.2 Å². The average molecular weight is 375 g/mol. The molecule has 26 heavy (non-hydrogen) atoms. The molecular weight excluding hydrogens is 355 g/mol. The Hall–Kier alpha value is -2.29. The molecule has 1 N–H and O–H groups in total. The topological polar surface area (TPSA) is 76.1 Å². The van der Waals surface area contributed by atoms with E-state index in [0.717, 1.165) is 0 Å². The third-order valence-corrected chi connectivity index (χ3v) is 4.39.